The van der Waals surface area contributed by atoms with Gasteiger partial charge in [-0.3, -0.25) is 14.3 Å². The number of aromatic nitrogens is 3. The van der Waals surface area contributed by atoms with E-state index in [-0.39, 0.29) is 70.7 Å². The summed E-state index contributed by atoms with van der Waals surface area (Å²) in [6, 6.07) is 3.83. The van der Waals surface area contributed by atoms with E-state index in [9.17, 15) is 22.8 Å². The van der Waals surface area contributed by atoms with E-state index in [2.05, 4.69) is 16.5 Å². The van der Waals surface area contributed by atoms with Gasteiger partial charge in [-0.05, 0) is 38.1 Å². The Hall–Kier alpha value is -3.55. The van der Waals surface area contributed by atoms with Crippen LogP contribution < -0.4 is 15.3 Å². The van der Waals surface area contributed by atoms with Crippen molar-refractivity contribution in [1.29, 1.82) is 0 Å². The number of pyridine rings is 1. The molecule has 230 valence electrons. The van der Waals surface area contributed by atoms with Crippen molar-refractivity contribution in [2.24, 2.45) is 0 Å². The Bertz CT molecular complexity index is 1800. The van der Waals surface area contributed by atoms with Crippen LogP contribution in [0.3, 0.4) is 0 Å². The number of hydrogen-bond donors (Lipinski definition) is 0. The molecule has 4 aromatic rings. The highest BCUT2D eigenvalue weighted by molar-refractivity contribution is 7.99. The molecule has 44 heavy (non-hydrogen) atoms. The Morgan fingerprint density at radius 1 is 1.16 bits per heavy atom. The number of benzene rings is 1. The summed E-state index contributed by atoms with van der Waals surface area (Å²) in [6.07, 6.45) is -0.902. The van der Waals surface area contributed by atoms with Crippen molar-refractivity contribution in [2.45, 2.75) is 49.7 Å². The first-order valence-corrected chi connectivity index (χ1v) is 16.1. The highest BCUT2D eigenvalue weighted by Gasteiger charge is 2.40. The van der Waals surface area contributed by atoms with Crippen molar-refractivity contribution in [3.05, 3.63) is 75.1 Å². The van der Waals surface area contributed by atoms with Crippen molar-refractivity contribution in [2.75, 3.05) is 23.7 Å². The minimum atomic E-state index is -4.74. The van der Waals surface area contributed by atoms with Crippen molar-refractivity contribution in [3.8, 4) is 16.9 Å². The molecule has 5 heterocycles. The molecular formula is C30H27ClF3N5O3S2. The number of rotatable bonds is 5. The summed E-state index contributed by atoms with van der Waals surface area (Å²) in [7, 11) is 0. The lowest BCUT2D eigenvalue weighted by atomic mass is 9.97. The molecule has 1 amide bonds. The van der Waals surface area contributed by atoms with Gasteiger partial charge in [-0.2, -0.15) is 29.5 Å². The van der Waals surface area contributed by atoms with Gasteiger partial charge in [-0.15, -0.1) is 11.8 Å². The largest absolute Gasteiger partial charge is 0.488 e. The number of hydrogen-bond acceptors (Lipinski definition) is 8. The topological polar surface area (TPSA) is 80.6 Å². The van der Waals surface area contributed by atoms with Gasteiger partial charge in [-0.1, -0.05) is 18.2 Å². The van der Waals surface area contributed by atoms with Gasteiger partial charge in [0.05, 0.1) is 22.6 Å². The summed E-state index contributed by atoms with van der Waals surface area (Å²) in [4.78, 5) is 38.5. The fraction of sp³-hybridized carbons (Fsp3) is 0.333. The first-order valence-electron chi connectivity index (χ1n) is 13.8. The first kappa shape index (κ1) is 30.5. The molecule has 1 fully saturated rings. The zero-order valence-corrected chi connectivity index (χ0v) is 26.1. The van der Waals surface area contributed by atoms with Crippen LogP contribution in [0.2, 0.25) is 5.02 Å². The van der Waals surface area contributed by atoms with Gasteiger partial charge in [0, 0.05) is 75.5 Å². The maximum absolute atomic E-state index is 14.9. The molecule has 1 saturated heterocycles. The number of thiophene rings is 1. The summed E-state index contributed by atoms with van der Waals surface area (Å²) >= 11 is 8.86. The molecule has 0 spiro atoms. The number of ether oxygens (including phenoxy) is 1. The molecule has 0 aliphatic carbocycles. The Labute approximate surface area is 264 Å². The monoisotopic (exact) mass is 661 g/mol. The standard InChI is InChI=1S/C30H27ClF3N5O3S2/c1-4-24(40)39-16(2)10-37(11-17(39)3)28-20-9-22(30(32,33)34)25(21-14-43-15-23(21)31)27-26(20)38(29(41)36-28)12-19(13-44-27)42-18-5-7-35-8-6-18/h4-9,14-17,19H,1,10-13H2,2-3H3/t16-,17+,19?. The third-order valence-corrected chi connectivity index (χ3v) is 10.2. The summed E-state index contributed by atoms with van der Waals surface area (Å²) in [5, 5.41) is 3.57. The molecule has 6 rings (SSSR count). The minimum absolute atomic E-state index is 0.0701. The molecule has 1 aromatic carbocycles. The lowest BCUT2D eigenvalue weighted by Crippen LogP contribution is -2.58. The van der Waals surface area contributed by atoms with E-state index >= 15 is 0 Å². The van der Waals surface area contributed by atoms with Crippen molar-refractivity contribution in [1.82, 2.24) is 19.4 Å². The number of alkyl halides is 3. The predicted octanol–water partition coefficient (Wildman–Crippen LogP) is 6.36. The number of halogens is 4. The predicted molar refractivity (Wildman–Crippen MR) is 167 cm³/mol. The summed E-state index contributed by atoms with van der Waals surface area (Å²) in [6.45, 7) is 7.89. The van der Waals surface area contributed by atoms with E-state index in [0.29, 0.717) is 16.2 Å². The molecule has 1 unspecified atom stereocenters. The van der Waals surface area contributed by atoms with Crippen LogP contribution in [0.15, 0.2) is 63.7 Å². The lowest BCUT2D eigenvalue weighted by Gasteiger charge is -2.44. The molecule has 2 aliphatic heterocycles. The normalized spacial score (nSPS) is 20.5. The van der Waals surface area contributed by atoms with E-state index in [1.807, 2.05) is 13.8 Å². The maximum atomic E-state index is 14.9. The highest BCUT2D eigenvalue weighted by atomic mass is 35.5. The van der Waals surface area contributed by atoms with Gasteiger partial charge in [0.1, 0.15) is 17.7 Å². The van der Waals surface area contributed by atoms with Crippen LogP contribution in [0.5, 0.6) is 5.75 Å². The number of nitrogens with zero attached hydrogens (tertiary/aromatic N) is 5. The van der Waals surface area contributed by atoms with Crippen molar-refractivity contribution in [3.63, 3.8) is 0 Å². The zero-order valence-electron chi connectivity index (χ0n) is 23.7. The molecule has 0 bridgehead atoms. The average molecular weight is 662 g/mol. The zero-order chi connectivity index (χ0) is 31.3. The van der Waals surface area contributed by atoms with Crippen LogP contribution in [0, 0.1) is 0 Å². The fourth-order valence-electron chi connectivity index (χ4n) is 6.04. The van der Waals surface area contributed by atoms with Crippen LogP contribution in [0.1, 0.15) is 19.4 Å². The van der Waals surface area contributed by atoms with Crippen LogP contribution in [-0.4, -0.2) is 62.4 Å². The minimum Gasteiger partial charge on any atom is -0.488 e. The second-order valence-electron chi connectivity index (χ2n) is 10.8. The van der Waals surface area contributed by atoms with Gasteiger partial charge in [-0.25, -0.2) is 4.79 Å². The second kappa shape index (κ2) is 11.8. The SMILES string of the molecule is C=CC(=O)N1[C@H](C)CN(c2nc(=O)n3c4c(c(-c5cscc5Cl)c(C(F)(F)F)cc24)SCC(Oc2ccncc2)C3)C[C@@H]1C. The third-order valence-electron chi connectivity index (χ3n) is 7.79. The van der Waals surface area contributed by atoms with E-state index in [0.717, 1.165) is 6.07 Å². The Morgan fingerprint density at radius 3 is 2.48 bits per heavy atom. The van der Waals surface area contributed by atoms with E-state index < -0.39 is 23.5 Å². The van der Waals surface area contributed by atoms with Crippen LogP contribution >= 0.6 is 34.7 Å². The average Bonchev–Trinajstić information content (AvgIpc) is 3.31. The molecule has 3 atom stereocenters. The van der Waals surface area contributed by atoms with E-state index in [1.54, 1.807) is 45.1 Å². The number of carbonyl (C=O) groups is 1. The van der Waals surface area contributed by atoms with Gasteiger partial charge in [0.15, 0.2) is 0 Å². The Balaban J connectivity index is 1.58. The summed E-state index contributed by atoms with van der Waals surface area (Å²) in [5.41, 5.74) is -0.943. The Kier molecular flexibility index (Phi) is 8.14. The molecular weight excluding hydrogens is 635 g/mol. The first-order chi connectivity index (χ1) is 21.0. The van der Waals surface area contributed by atoms with Crippen LogP contribution in [0.25, 0.3) is 22.0 Å². The van der Waals surface area contributed by atoms with Crippen molar-refractivity contribution < 1.29 is 22.7 Å². The maximum Gasteiger partial charge on any atom is 0.417 e. The highest BCUT2D eigenvalue weighted by Crippen LogP contribution is 2.50. The van der Waals surface area contributed by atoms with Gasteiger partial charge < -0.3 is 14.5 Å². The second-order valence-corrected chi connectivity index (χ2v) is 13.0. The third kappa shape index (κ3) is 5.45. The number of amides is 1. The molecule has 2 aliphatic rings. The molecule has 0 radical (unpaired) electrons. The van der Waals surface area contributed by atoms with Crippen LogP contribution in [0.4, 0.5) is 19.0 Å². The number of thioether (sulfide) groups is 1. The number of piperazine rings is 1. The summed E-state index contributed by atoms with van der Waals surface area (Å²) in [5.74, 6) is 0.701. The molecule has 3 aromatic heterocycles. The number of carbonyl (C=O) groups excluding carboxylic acids is 1. The molecule has 0 N–H and O–H groups in total. The number of anilines is 1. The Morgan fingerprint density at radius 2 is 1.86 bits per heavy atom. The van der Waals surface area contributed by atoms with Crippen LogP contribution in [-0.2, 0) is 17.5 Å². The summed E-state index contributed by atoms with van der Waals surface area (Å²) < 4.78 is 52.3. The van der Waals surface area contributed by atoms with E-state index in [4.69, 9.17) is 16.3 Å². The quantitative estimate of drug-likeness (QED) is 0.231. The van der Waals surface area contributed by atoms with Crippen molar-refractivity contribution >= 4 is 57.3 Å². The molecule has 14 heteroatoms. The molecule has 8 nitrogen and oxygen atoms in total. The van der Waals surface area contributed by atoms with Gasteiger partial charge in [0.2, 0.25) is 5.91 Å². The smallest absolute Gasteiger partial charge is 0.417 e. The lowest BCUT2D eigenvalue weighted by molar-refractivity contribution is -0.137. The van der Waals surface area contributed by atoms with E-state index in [1.165, 1.54) is 33.7 Å². The van der Waals surface area contributed by atoms with Gasteiger partial charge in [0.25, 0.3) is 0 Å². The van der Waals surface area contributed by atoms with Gasteiger partial charge >= 0.3 is 11.9 Å². The fourth-order valence-corrected chi connectivity index (χ4v) is 8.35. The molecule has 0 saturated carbocycles.